The summed E-state index contributed by atoms with van der Waals surface area (Å²) in [6.07, 6.45) is -10.2. The van der Waals surface area contributed by atoms with E-state index in [0.29, 0.717) is 0 Å². The maximum Gasteiger partial charge on any atom is 0.471 e. The number of hydrogen-bond acceptors (Lipinski definition) is 2. The van der Waals surface area contributed by atoms with E-state index in [-0.39, 0.29) is 16.9 Å². The van der Waals surface area contributed by atoms with Crippen LogP contribution in [0.2, 0.25) is 0 Å². The lowest BCUT2D eigenvalue weighted by atomic mass is 10.1. The number of carbonyl (C=O) groups excluding carboxylic acids is 2. The van der Waals surface area contributed by atoms with Crippen molar-refractivity contribution in [1.82, 2.24) is 0 Å². The highest BCUT2D eigenvalue weighted by Crippen LogP contribution is 2.24. The first-order valence-electron chi connectivity index (χ1n) is 5.28. The fraction of sp³-hybridized carbons (Fsp3) is 0.273. The van der Waals surface area contributed by atoms with E-state index < -0.39 is 24.2 Å². The number of halogens is 6. The lowest BCUT2D eigenvalue weighted by molar-refractivity contribution is -0.167. The molecule has 0 aliphatic rings. The van der Waals surface area contributed by atoms with Crippen molar-refractivity contribution < 1.29 is 35.9 Å². The number of benzene rings is 1. The van der Waals surface area contributed by atoms with Gasteiger partial charge in [-0.15, -0.1) is 0 Å². The summed E-state index contributed by atoms with van der Waals surface area (Å²) >= 11 is 0. The molecule has 0 spiro atoms. The summed E-state index contributed by atoms with van der Waals surface area (Å²) in [5.41, 5.74) is -0.449. The smallest absolute Gasteiger partial charge is 0.318 e. The molecule has 116 valence electrons. The summed E-state index contributed by atoms with van der Waals surface area (Å²) in [6.45, 7) is 1.26. The second kappa shape index (κ2) is 5.62. The summed E-state index contributed by atoms with van der Waals surface area (Å²) in [5.74, 6) is -4.42. The number of anilines is 2. The van der Waals surface area contributed by atoms with Gasteiger partial charge in [-0.1, -0.05) is 0 Å². The normalized spacial score (nSPS) is 12.0. The summed E-state index contributed by atoms with van der Waals surface area (Å²) in [4.78, 5) is 21.4. The van der Waals surface area contributed by atoms with Crippen molar-refractivity contribution in [3.8, 4) is 0 Å². The van der Waals surface area contributed by atoms with Gasteiger partial charge in [0.25, 0.3) is 0 Å². The molecule has 0 aliphatic heterocycles. The largest absolute Gasteiger partial charge is 0.471 e. The SMILES string of the molecule is Cc1cc(NC(=O)C(F)(F)F)ccc1NC(=O)C(F)(F)F. The Labute approximate surface area is 114 Å². The Kier molecular flexibility index (Phi) is 4.49. The Morgan fingerprint density at radius 2 is 1.38 bits per heavy atom. The van der Waals surface area contributed by atoms with Crippen molar-refractivity contribution in [3.63, 3.8) is 0 Å². The molecule has 1 aromatic rings. The summed E-state index contributed by atoms with van der Waals surface area (Å²) in [6, 6.07) is 2.88. The number of rotatable bonds is 2. The molecule has 21 heavy (non-hydrogen) atoms. The predicted molar refractivity (Wildman–Crippen MR) is 60.5 cm³/mol. The first-order chi connectivity index (χ1) is 9.41. The van der Waals surface area contributed by atoms with E-state index >= 15 is 0 Å². The van der Waals surface area contributed by atoms with E-state index in [2.05, 4.69) is 0 Å². The number of nitrogens with one attached hydrogen (secondary N) is 2. The highest BCUT2D eigenvalue weighted by atomic mass is 19.4. The van der Waals surface area contributed by atoms with Gasteiger partial charge in [0, 0.05) is 11.4 Å². The third-order valence-corrected chi connectivity index (χ3v) is 2.25. The molecule has 0 aromatic heterocycles. The van der Waals surface area contributed by atoms with Gasteiger partial charge in [-0.25, -0.2) is 0 Å². The minimum Gasteiger partial charge on any atom is -0.318 e. The van der Waals surface area contributed by atoms with Crippen molar-refractivity contribution >= 4 is 23.2 Å². The van der Waals surface area contributed by atoms with Crippen molar-refractivity contribution in [3.05, 3.63) is 23.8 Å². The number of amides is 2. The molecule has 0 bridgehead atoms. The van der Waals surface area contributed by atoms with Gasteiger partial charge >= 0.3 is 24.2 Å². The van der Waals surface area contributed by atoms with Crippen LogP contribution in [0.15, 0.2) is 18.2 Å². The van der Waals surface area contributed by atoms with Crippen LogP contribution in [-0.2, 0) is 9.59 Å². The molecule has 1 rings (SSSR count). The molecule has 4 nitrogen and oxygen atoms in total. The van der Waals surface area contributed by atoms with E-state index in [9.17, 15) is 35.9 Å². The molecular formula is C11H8F6N2O2. The van der Waals surface area contributed by atoms with Crippen LogP contribution >= 0.6 is 0 Å². The summed E-state index contributed by atoms with van der Waals surface area (Å²) in [7, 11) is 0. The molecule has 2 N–H and O–H groups in total. The van der Waals surface area contributed by atoms with Crippen LogP contribution in [0, 0.1) is 6.92 Å². The number of carbonyl (C=O) groups is 2. The topological polar surface area (TPSA) is 58.2 Å². The first kappa shape index (κ1) is 16.8. The lowest BCUT2D eigenvalue weighted by Crippen LogP contribution is -2.30. The second-order valence-corrected chi connectivity index (χ2v) is 3.93. The van der Waals surface area contributed by atoms with Crippen molar-refractivity contribution in [1.29, 1.82) is 0 Å². The Hall–Kier alpha value is -2.26. The number of hydrogen-bond donors (Lipinski definition) is 2. The third-order valence-electron chi connectivity index (χ3n) is 2.25. The molecule has 2 amide bonds. The van der Waals surface area contributed by atoms with Gasteiger partial charge in [0.05, 0.1) is 0 Å². The Bertz CT molecular complexity index is 565. The maximum atomic E-state index is 12.1. The highest BCUT2D eigenvalue weighted by Gasteiger charge is 2.39. The zero-order chi connectivity index (χ0) is 16.4. The molecule has 0 heterocycles. The van der Waals surface area contributed by atoms with Crippen LogP contribution in [0.4, 0.5) is 37.7 Å². The van der Waals surface area contributed by atoms with E-state index in [0.717, 1.165) is 18.2 Å². The minimum atomic E-state index is -5.09. The summed E-state index contributed by atoms with van der Waals surface area (Å²) < 4.78 is 72.2. The second-order valence-electron chi connectivity index (χ2n) is 3.93. The van der Waals surface area contributed by atoms with Crippen LogP contribution in [0.1, 0.15) is 5.56 Å². The molecule has 10 heteroatoms. The van der Waals surface area contributed by atoms with Gasteiger partial charge < -0.3 is 10.6 Å². The fourth-order valence-electron chi connectivity index (χ4n) is 1.28. The van der Waals surface area contributed by atoms with Crippen LogP contribution in [0.25, 0.3) is 0 Å². The summed E-state index contributed by atoms with van der Waals surface area (Å²) in [5, 5.41) is 3.10. The first-order valence-corrected chi connectivity index (χ1v) is 5.28. The minimum absolute atomic E-state index is 0.0487. The van der Waals surface area contributed by atoms with Crippen LogP contribution in [0.5, 0.6) is 0 Å². The average Bonchev–Trinajstić information content (AvgIpc) is 2.30. The quantitative estimate of drug-likeness (QED) is 0.825. The highest BCUT2D eigenvalue weighted by molar-refractivity contribution is 5.97. The van der Waals surface area contributed by atoms with E-state index in [1.807, 2.05) is 0 Å². The van der Waals surface area contributed by atoms with Gasteiger partial charge in [-0.3, -0.25) is 9.59 Å². The third kappa shape index (κ3) is 4.65. The van der Waals surface area contributed by atoms with Gasteiger partial charge in [0.15, 0.2) is 0 Å². The van der Waals surface area contributed by atoms with Gasteiger partial charge in [0.1, 0.15) is 0 Å². The monoisotopic (exact) mass is 314 g/mol. The number of alkyl halides is 6. The molecule has 0 aliphatic carbocycles. The van der Waals surface area contributed by atoms with E-state index in [1.54, 1.807) is 5.32 Å². The zero-order valence-corrected chi connectivity index (χ0v) is 10.3. The van der Waals surface area contributed by atoms with E-state index in [4.69, 9.17) is 0 Å². The molecule has 0 unspecified atom stereocenters. The Balaban J connectivity index is 2.87. The van der Waals surface area contributed by atoms with Crippen molar-refractivity contribution in [2.75, 3.05) is 10.6 Å². The molecule has 0 atom stereocenters. The van der Waals surface area contributed by atoms with Gasteiger partial charge in [-0.2, -0.15) is 26.3 Å². The Morgan fingerprint density at radius 1 is 0.905 bits per heavy atom. The molecule has 0 fully saturated rings. The standard InChI is InChI=1S/C11H8F6N2O2/c1-5-4-6(18-8(20)10(12,13)14)2-3-7(5)19-9(21)11(15,16)17/h2-4H,1H3,(H,18,20)(H,19,21). The molecule has 0 saturated heterocycles. The lowest BCUT2D eigenvalue weighted by Gasteiger charge is -2.13. The van der Waals surface area contributed by atoms with Crippen LogP contribution in [0.3, 0.4) is 0 Å². The van der Waals surface area contributed by atoms with E-state index in [1.165, 1.54) is 12.2 Å². The van der Waals surface area contributed by atoms with Gasteiger partial charge in [-0.05, 0) is 30.7 Å². The van der Waals surface area contributed by atoms with Crippen LogP contribution < -0.4 is 10.6 Å². The molecule has 0 saturated carbocycles. The van der Waals surface area contributed by atoms with Crippen molar-refractivity contribution in [2.45, 2.75) is 19.3 Å². The number of aryl methyl sites for hydroxylation is 1. The predicted octanol–water partition coefficient (Wildman–Crippen LogP) is 3.00. The maximum absolute atomic E-state index is 12.1. The molecule has 1 aromatic carbocycles. The fourth-order valence-corrected chi connectivity index (χ4v) is 1.28. The Morgan fingerprint density at radius 3 is 1.81 bits per heavy atom. The molecular weight excluding hydrogens is 306 g/mol. The average molecular weight is 314 g/mol. The zero-order valence-electron chi connectivity index (χ0n) is 10.3. The van der Waals surface area contributed by atoms with Crippen LogP contribution in [-0.4, -0.2) is 24.2 Å². The van der Waals surface area contributed by atoms with Crippen molar-refractivity contribution in [2.24, 2.45) is 0 Å². The molecule has 0 radical (unpaired) electrons. The van der Waals surface area contributed by atoms with Gasteiger partial charge in [0.2, 0.25) is 0 Å².